The van der Waals surface area contributed by atoms with Gasteiger partial charge in [0.25, 0.3) is 0 Å². The van der Waals surface area contributed by atoms with Crippen LogP contribution < -0.4 is 0 Å². The number of nitrogens with zero attached hydrogens (tertiary/aromatic N) is 2. The van der Waals surface area contributed by atoms with E-state index < -0.39 is 0 Å². The van der Waals surface area contributed by atoms with E-state index in [1.807, 2.05) is 42.8 Å². The van der Waals surface area contributed by atoms with Crippen LogP contribution in [0.1, 0.15) is 21.9 Å². The van der Waals surface area contributed by atoms with Crippen molar-refractivity contribution < 1.29 is 4.79 Å². The van der Waals surface area contributed by atoms with E-state index in [4.69, 9.17) is 0 Å². The maximum atomic E-state index is 11.4. The molecule has 2 heterocycles. The second kappa shape index (κ2) is 10.00. The number of likely N-dealkylation sites (N-methyl/N-ethyl adjacent to an activating group) is 1. The molecule has 0 saturated heterocycles. The predicted molar refractivity (Wildman–Crippen MR) is 144 cm³/mol. The number of carbonyl (C=O) groups excluding carboxylic acids is 1. The molecule has 0 aliphatic carbocycles. The molecule has 0 radical (unpaired) electrons. The molecule has 1 unspecified atom stereocenters. The smallest absolute Gasteiger partial charge is 0.151 e. The summed E-state index contributed by atoms with van der Waals surface area (Å²) >= 11 is 3.76. The number of allylic oxidation sites excluding steroid dienone is 2. The molecular formula is C29H26N2OS2. The molecule has 0 fully saturated rings. The van der Waals surface area contributed by atoms with Gasteiger partial charge >= 0.3 is 0 Å². The highest BCUT2D eigenvalue weighted by atomic mass is 32.2. The van der Waals surface area contributed by atoms with Gasteiger partial charge in [0.15, 0.2) is 6.29 Å². The quantitative estimate of drug-likeness (QED) is 0.156. The van der Waals surface area contributed by atoms with Crippen LogP contribution >= 0.6 is 23.5 Å². The number of para-hydroxylation sites is 1. The maximum Gasteiger partial charge on any atom is 0.151 e. The van der Waals surface area contributed by atoms with Gasteiger partial charge in [-0.3, -0.25) is 4.79 Å². The van der Waals surface area contributed by atoms with Gasteiger partial charge in [0.2, 0.25) is 0 Å². The van der Waals surface area contributed by atoms with Gasteiger partial charge in [0.05, 0.1) is 10.6 Å². The van der Waals surface area contributed by atoms with Crippen molar-refractivity contribution in [3.05, 3.63) is 120 Å². The lowest BCUT2D eigenvalue weighted by Gasteiger charge is -2.30. The second-order valence-corrected chi connectivity index (χ2v) is 10.9. The molecule has 0 bridgehead atoms. The Morgan fingerprint density at radius 2 is 1.41 bits per heavy atom. The molecule has 0 spiro atoms. The highest BCUT2D eigenvalue weighted by Crippen LogP contribution is 2.51. The fourth-order valence-corrected chi connectivity index (χ4v) is 7.26. The van der Waals surface area contributed by atoms with Crippen molar-refractivity contribution >= 4 is 40.7 Å². The van der Waals surface area contributed by atoms with Crippen LogP contribution in [0.25, 0.3) is 10.9 Å². The second-order valence-electron chi connectivity index (χ2n) is 8.29. The molecule has 0 N–H and O–H groups in total. The van der Waals surface area contributed by atoms with Crippen molar-refractivity contribution in [2.24, 2.45) is 7.05 Å². The minimum Gasteiger partial charge on any atom is -0.369 e. The summed E-state index contributed by atoms with van der Waals surface area (Å²) in [6, 6.07) is 29.9. The SMILES string of the molecule is CN1C=C(C=O)C=CC1c1c(C(Sc2ccccc2)Sc2ccccc2)n(C)c2ccccc12. The Bertz CT molecular complexity index is 1320. The lowest BCUT2D eigenvalue weighted by Crippen LogP contribution is -2.22. The standard InChI is InChI=1S/C29H26N2OS2/c1-30-19-21(20-32)17-18-26(30)27-24-15-9-10-16-25(24)31(2)28(27)29(33-22-11-5-3-6-12-22)34-23-13-7-4-8-14-23/h3-20,26,29H,1-2H3. The lowest BCUT2D eigenvalue weighted by molar-refractivity contribution is -0.104. The summed E-state index contributed by atoms with van der Waals surface area (Å²) in [7, 11) is 4.22. The largest absolute Gasteiger partial charge is 0.369 e. The first kappa shape index (κ1) is 22.6. The zero-order valence-electron chi connectivity index (χ0n) is 19.2. The van der Waals surface area contributed by atoms with E-state index in [-0.39, 0.29) is 10.6 Å². The van der Waals surface area contributed by atoms with Crippen molar-refractivity contribution in [1.29, 1.82) is 0 Å². The number of carbonyl (C=O) groups is 1. The van der Waals surface area contributed by atoms with E-state index in [0.29, 0.717) is 5.57 Å². The zero-order valence-corrected chi connectivity index (χ0v) is 20.8. The third kappa shape index (κ3) is 4.46. The van der Waals surface area contributed by atoms with Crippen LogP contribution in [0.2, 0.25) is 0 Å². The van der Waals surface area contributed by atoms with Crippen molar-refractivity contribution in [3.63, 3.8) is 0 Å². The van der Waals surface area contributed by atoms with Crippen LogP contribution in [0, 0.1) is 0 Å². The lowest BCUT2D eigenvalue weighted by atomic mass is 9.98. The molecule has 170 valence electrons. The Balaban J connectivity index is 1.68. The van der Waals surface area contributed by atoms with Crippen LogP contribution in [0.15, 0.2) is 119 Å². The number of rotatable bonds is 7. The Morgan fingerprint density at radius 1 is 0.824 bits per heavy atom. The van der Waals surface area contributed by atoms with Gasteiger partial charge in [0.1, 0.15) is 0 Å². The topological polar surface area (TPSA) is 25.2 Å². The van der Waals surface area contributed by atoms with Gasteiger partial charge in [-0.2, -0.15) is 0 Å². The van der Waals surface area contributed by atoms with Gasteiger partial charge in [-0.1, -0.05) is 66.7 Å². The van der Waals surface area contributed by atoms with Gasteiger partial charge < -0.3 is 9.47 Å². The molecule has 4 aromatic rings. The number of hydrogen-bond acceptors (Lipinski definition) is 4. The highest BCUT2D eigenvalue weighted by Gasteiger charge is 2.30. The summed E-state index contributed by atoms with van der Waals surface area (Å²) < 4.78 is 2.48. The summed E-state index contributed by atoms with van der Waals surface area (Å²) in [5, 5.41) is 1.25. The number of fused-ring (bicyclic) bond motifs is 1. The van der Waals surface area contributed by atoms with Crippen LogP contribution in [0.5, 0.6) is 0 Å². The molecule has 5 rings (SSSR count). The third-order valence-corrected chi connectivity index (χ3v) is 8.62. The van der Waals surface area contributed by atoms with E-state index in [2.05, 4.69) is 108 Å². The minimum atomic E-state index is 0.0417. The Morgan fingerprint density at radius 3 is 2.00 bits per heavy atom. The average Bonchev–Trinajstić information content (AvgIpc) is 3.17. The van der Waals surface area contributed by atoms with Crippen molar-refractivity contribution in [1.82, 2.24) is 9.47 Å². The first-order chi connectivity index (χ1) is 16.7. The summed E-state index contributed by atoms with van der Waals surface area (Å²) in [4.78, 5) is 16.0. The monoisotopic (exact) mass is 482 g/mol. The van der Waals surface area contributed by atoms with Gasteiger partial charge in [0, 0.05) is 57.8 Å². The van der Waals surface area contributed by atoms with Crippen LogP contribution in [-0.2, 0) is 11.8 Å². The van der Waals surface area contributed by atoms with E-state index in [9.17, 15) is 4.79 Å². The number of hydrogen-bond donors (Lipinski definition) is 0. The van der Waals surface area contributed by atoms with E-state index in [0.717, 1.165) is 6.29 Å². The number of aryl methyl sites for hydroxylation is 1. The fourth-order valence-electron chi connectivity index (χ4n) is 4.49. The normalized spacial score (nSPS) is 15.7. The van der Waals surface area contributed by atoms with Gasteiger partial charge in [-0.25, -0.2) is 0 Å². The molecule has 1 aliphatic rings. The number of aldehydes is 1. The summed E-state index contributed by atoms with van der Waals surface area (Å²) in [5.74, 6) is 0. The minimum absolute atomic E-state index is 0.0417. The Labute approximate surface area is 209 Å². The van der Waals surface area contributed by atoms with Crippen LogP contribution in [0.3, 0.4) is 0 Å². The Kier molecular flexibility index (Phi) is 6.66. The maximum absolute atomic E-state index is 11.4. The highest BCUT2D eigenvalue weighted by molar-refractivity contribution is 8.16. The van der Waals surface area contributed by atoms with Crippen molar-refractivity contribution in [2.75, 3.05) is 7.05 Å². The molecule has 0 saturated carbocycles. The van der Waals surface area contributed by atoms with E-state index >= 15 is 0 Å². The predicted octanol–water partition coefficient (Wildman–Crippen LogP) is 7.39. The third-order valence-electron chi connectivity index (χ3n) is 6.08. The summed E-state index contributed by atoms with van der Waals surface area (Å²) in [5.41, 5.74) is 4.48. The molecule has 1 aromatic heterocycles. The van der Waals surface area contributed by atoms with Gasteiger partial charge in [-0.15, -0.1) is 23.5 Å². The number of aromatic nitrogens is 1. The molecular weight excluding hydrogens is 456 g/mol. The number of thioether (sulfide) groups is 2. The summed E-state index contributed by atoms with van der Waals surface area (Å²) in [6.07, 6.45) is 6.93. The van der Waals surface area contributed by atoms with Crippen molar-refractivity contribution in [3.8, 4) is 0 Å². The number of benzene rings is 3. The van der Waals surface area contributed by atoms with E-state index in [1.54, 1.807) is 0 Å². The molecule has 3 nitrogen and oxygen atoms in total. The molecule has 1 atom stereocenters. The van der Waals surface area contributed by atoms with Crippen LogP contribution in [-0.4, -0.2) is 22.8 Å². The first-order valence-electron chi connectivity index (χ1n) is 11.2. The first-order valence-corrected chi connectivity index (χ1v) is 13.0. The average molecular weight is 483 g/mol. The van der Waals surface area contributed by atoms with Crippen molar-refractivity contribution in [2.45, 2.75) is 20.4 Å². The molecule has 1 aliphatic heterocycles. The van der Waals surface area contributed by atoms with Crippen LogP contribution in [0.4, 0.5) is 0 Å². The fraction of sp³-hybridized carbons (Fsp3) is 0.138. The molecule has 0 amide bonds. The molecule has 3 aromatic carbocycles. The molecule has 34 heavy (non-hydrogen) atoms. The summed E-state index contributed by atoms with van der Waals surface area (Å²) in [6.45, 7) is 0. The zero-order chi connectivity index (χ0) is 23.5. The van der Waals surface area contributed by atoms with E-state index in [1.165, 1.54) is 32.0 Å². The molecule has 5 heteroatoms. The van der Waals surface area contributed by atoms with Gasteiger partial charge in [-0.05, 0) is 30.3 Å². The Hall–Kier alpha value is -3.15.